The second-order valence-corrected chi connectivity index (χ2v) is 8.00. The van der Waals surface area contributed by atoms with Gasteiger partial charge in [0.1, 0.15) is 6.54 Å². The Bertz CT molecular complexity index is 468. The molecule has 6 nitrogen and oxygen atoms in total. The highest BCUT2D eigenvalue weighted by Gasteiger charge is 2.32. The minimum Gasteiger partial charge on any atom is -0.381 e. The molecule has 1 N–H and O–H groups in total. The topological polar surface area (TPSA) is 57.2 Å². The molecule has 25 heavy (non-hydrogen) atoms. The van der Waals surface area contributed by atoms with E-state index in [-0.39, 0.29) is 12.5 Å². The summed E-state index contributed by atoms with van der Waals surface area (Å²) >= 11 is 0. The van der Waals surface area contributed by atoms with E-state index in [4.69, 9.17) is 4.74 Å². The van der Waals surface area contributed by atoms with Gasteiger partial charge in [-0.15, -0.1) is 0 Å². The van der Waals surface area contributed by atoms with E-state index in [9.17, 15) is 4.79 Å². The molecule has 2 saturated heterocycles. The molecule has 1 saturated carbocycles. The van der Waals surface area contributed by atoms with Crippen molar-refractivity contribution in [1.29, 1.82) is 0 Å². The van der Waals surface area contributed by atoms with Gasteiger partial charge in [-0.25, -0.2) is 4.99 Å². The molecule has 3 aliphatic rings. The fraction of sp³-hybridized carbons (Fsp3) is 0.895. The Morgan fingerprint density at radius 2 is 1.84 bits per heavy atom. The summed E-state index contributed by atoms with van der Waals surface area (Å²) in [5.74, 6) is 2.54. The lowest BCUT2D eigenvalue weighted by atomic mass is 9.85. The largest absolute Gasteiger partial charge is 0.381 e. The van der Waals surface area contributed by atoms with Crippen LogP contribution < -0.4 is 5.32 Å². The second kappa shape index (κ2) is 8.88. The molecule has 2 heterocycles. The van der Waals surface area contributed by atoms with Crippen LogP contribution in [0.2, 0.25) is 0 Å². The van der Waals surface area contributed by atoms with E-state index in [1.165, 1.54) is 44.9 Å². The quantitative estimate of drug-likeness (QED) is 0.619. The highest BCUT2D eigenvalue weighted by Crippen LogP contribution is 2.31. The molecule has 0 radical (unpaired) electrons. The highest BCUT2D eigenvalue weighted by atomic mass is 16.5. The first-order valence-electron chi connectivity index (χ1n) is 9.97. The van der Waals surface area contributed by atoms with Crippen LogP contribution in [0.5, 0.6) is 0 Å². The average molecular weight is 351 g/mol. The van der Waals surface area contributed by atoms with Crippen LogP contribution in [0, 0.1) is 11.8 Å². The standard InChI is InChI=1S/C19H34N4O2/c1-22(2)18(24)13-20-19(21-17-5-3-4-6-17)23-10-7-16(14-23)15-8-11-25-12-9-15/h15-17H,3-14H2,1-2H3,(H,20,21). The summed E-state index contributed by atoms with van der Waals surface area (Å²) in [6.07, 6.45) is 8.66. The molecule has 6 heteroatoms. The van der Waals surface area contributed by atoms with Crippen molar-refractivity contribution < 1.29 is 9.53 Å². The summed E-state index contributed by atoms with van der Waals surface area (Å²) in [5.41, 5.74) is 0. The molecule has 1 unspecified atom stereocenters. The van der Waals surface area contributed by atoms with Gasteiger partial charge in [0.2, 0.25) is 5.91 Å². The lowest BCUT2D eigenvalue weighted by Crippen LogP contribution is -2.45. The monoisotopic (exact) mass is 350 g/mol. The van der Waals surface area contributed by atoms with Gasteiger partial charge in [-0.2, -0.15) is 0 Å². The van der Waals surface area contributed by atoms with Crippen molar-refractivity contribution >= 4 is 11.9 Å². The molecule has 142 valence electrons. The normalized spacial score (nSPS) is 26.2. The van der Waals surface area contributed by atoms with Crippen LogP contribution in [0.1, 0.15) is 44.9 Å². The lowest BCUT2D eigenvalue weighted by Gasteiger charge is -2.29. The van der Waals surface area contributed by atoms with Crippen molar-refractivity contribution in [2.75, 3.05) is 46.9 Å². The Morgan fingerprint density at radius 1 is 1.12 bits per heavy atom. The zero-order valence-electron chi connectivity index (χ0n) is 15.9. The maximum absolute atomic E-state index is 12.0. The number of guanidine groups is 1. The Kier molecular flexibility index (Phi) is 6.57. The third-order valence-corrected chi connectivity index (χ3v) is 6.01. The van der Waals surface area contributed by atoms with Crippen molar-refractivity contribution in [2.45, 2.75) is 51.0 Å². The summed E-state index contributed by atoms with van der Waals surface area (Å²) in [4.78, 5) is 20.7. The van der Waals surface area contributed by atoms with Gasteiger partial charge in [-0.05, 0) is 43.9 Å². The Hall–Kier alpha value is -1.30. The number of likely N-dealkylation sites (tertiary alicyclic amines) is 1. The Labute approximate surface area is 152 Å². The molecule has 3 rings (SSSR count). The van der Waals surface area contributed by atoms with Crippen molar-refractivity contribution in [1.82, 2.24) is 15.1 Å². The number of hydrogen-bond donors (Lipinski definition) is 1. The van der Waals surface area contributed by atoms with E-state index in [0.717, 1.165) is 44.1 Å². The van der Waals surface area contributed by atoms with Gasteiger partial charge in [0.05, 0.1) is 0 Å². The predicted molar refractivity (Wildman–Crippen MR) is 99.6 cm³/mol. The molecule has 0 aromatic carbocycles. The fourth-order valence-corrected chi connectivity index (χ4v) is 4.33. The van der Waals surface area contributed by atoms with Crippen LogP contribution in [-0.2, 0) is 9.53 Å². The zero-order valence-corrected chi connectivity index (χ0v) is 15.9. The number of nitrogens with zero attached hydrogens (tertiary/aromatic N) is 3. The van der Waals surface area contributed by atoms with E-state index < -0.39 is 0 Å². The summed E-state index contributed by atoms with van der Waals surface area (Å²) in [5, 5.41) is 3.66. The first-order chi connectivity index (χ1) is 12.1. The molecular formula is C19H34N4O2. The molecule has 0 aromatic heterocycles. The predicted octanol–water partition coefficient (Wildman–Crippen LogP) is 1.71. The Balaban J connectivity index is 1.61. The first kappa shape index (κ1) is 18.5. The number of ether oxygens (including phenoxy) is 1. The second-order valence-electron chi connectivity index (χ2n) is 8.00. The number of rotatable bonds is 4. The molecule has 0 aromatic rings. The van der Waals surface area contributed by atoms with Gasteiger partial charge in [0.15, 0.2) is 5.96 Å². The minimum atomic E-state index is 0.0610. The summed E-state index contributed by atoms with van der Waals surface area (Å²) in [6.45, 7) is 4.19. The molecule has 1 atom stereocenters. The van der Waals surface area contributed by atoms with E-state index in [0.29, 0.717) is 6.04 Å². The van der Waals surface area contributed by atoms with Crippen LogP contribution in [0.15, 0.2) is 4.99 Å². The van der Waals surface area contributed by atoms with Crippen LogP contribution in [0.4, 0.5) is 0 Å². The third-order valence-electron chi connectivity index (χ3n) is 6.01. The molecule has 3 fully saturated rings. The van der Waals surface area contributed by atoms with E-state index in [1.807, 2.05) is 0 Å². The SMILES string of the molecule is CN(C)C(=O)CN=C(NC1CCCC1)N1CCC(C2CCOCC2)C1. The average Bonchev–Trinajstić information content (AvgIpc) is 3.30. The van der Waals surface area contributed by atoms with Gasteiger partial charge in [0.25, 0.3) is 0 Å². The maximum Gasteiger partial charge on any atom is 0.243 e. The van der Waals surface area contributed by atoms with Gasteiger partial charge in [0, 0.05) is 46.4 Å². The highest BCUT2D eigenvalue weighted by molar-refractivity contribution is 5.85. The number of aliphatic imine (C=N–C) groups is 1. The summed E-state index contributed by atoms with van der Waals surface area (Å²) in [6, 6.07) is 0.523. The third kappa shape index (κ3) is 5.09. The van der Waals surface area contributed by atoms with Crippen LogP contribution in [0.3, 0.4) is 0 Å². The fourth-order valence-electron chi connectivity index (χ4n) is 4.33. The molecule has 1 amide bonds. The van der Waals surface area contributed by atoms with Crippen LogP contribution >= 0.6 is 0 Å². The van der Waals surface area contributed by atoms with Crippen molar-refractivity contribution in [3.8, 4) is 0 Å². The number of carbonyl (C=O) groups excluding carboxylic acids is 1. The minimum absolute atomic E-state index is 0.0610. The van der Waals surface area contributed by atoms with Gasteiger partial charge in [-0.3, -0.25) is 4.79 Å². The smallest absolute Gasteiger partial charge is 0.243 e. The number of carbonyl (C=O) groups is 1. The summed E-state index contributed by atoms with van der Waals surface area (Å²) < 4.78 is 5.52. The van der Waals surface area contributed by atoms with Crippen molar-refractivity contribution in [2.24, 2.45) is 16.8 Å². The van der Waals surface area contributed by atoms with E-state index in [2.05, 4.69) is 15.2 Å². The van der Waals surface area contributed by atoms with Gasteiger partial charge >= 0.3 is 0 Å². The number of likely N-dealkylation sites (N-methyl/N-ethyl adjacent to an activating group) is 1. The zero-order chi connectivity index (χ0) is 17.6. The first-order valence-corrected chi connectivity index (χ1v) is 9.97. The molecular weight excluding hydrogens is 316 g/mol. The molecule has 0 spiro atoms. The molecule has 1 aliphatic carbocycles. The van der Waals surface area contributed by atoms with Crippen molar-refractivity contribution in [3.63, 3.8) is 0 Å². The van der Waals surface area contributed by atoms with E-state index >= 15 is 0 Å². The van der Waals surface area contributed by atoms with Gasteiger partial charge in [-0.1, -0.05) is 12.8 Å². The number of amides is 1. The molecule has 2 aliphatic heterocycles. The number of nitrogens with one attached hydrogen (secondary N) is 1. The van der Waals surface area contributed by atoms with Crippen LogP contribution in [0.25, 0.3) is 0 Å². The summed E-state index contributed by atoms with van der Waals surface area (Å²) in [7, 11) is 3.58. The van der Waals surface area contributed by atoms with Crippen LogP contribution in [-0.4, -0.2) is 74.7 Å². The van der Waals surface area contributed by atoms with E-state index in [1.54, 1.807) is 19.0 Å². The molecule has 0 bridgehead atoms. The Morgan fingerprint density at radius 3 is 2.52 bits per heavy atom. The maximum atomic E-state index is 12.0. The lowest BCUT2D eigenvalue weighted by molar-refractivity contribution is -0.127. The van der Waals surface area contributed by atoms with Crippen molar-refractivity contribution in [3.05, 3.63) is 0 Å². The number of hydrogen-bond acceptors (Lipinski definition) is 3. The van der Waals surface area contributed by atoms with Gasteiger partial charge < -0.3 is 19.9 Å².